The van der Waals surface area contributed by atoms with Gasteiger partial charge in [0, 0.05) is 18.0 Å². The number of aromatic nitrogens is 4. The zero-order valence-corrected chi connectivity index (χ0v) is 11.7. The summed E-state index contributed by atoms with van der Waals surface area (Å²) in [7, 11) is 1.93. The van der Waals surface area contributed by atoms with Crippen molar-refractivity contribution in [3.05, 3.63) is 48.4 Å². The summed E-state index contributed by atoms with van der Waals surface area (Å²) >= 11 is 0. The zero-order chi connectivity index (χ0) is 14.5. The first-order valence-corrected chi connectivity index (χ1v) is 6.71. The highest BCUT2D eigenvalue weighted by molar-refractivity contribution is 5.61. The van der Waals surface area contributed by atoms with Gasteiger partial charge in [0.25, 0.3) is 5.89 Å². The van der Waals surface area contributed by atoms with Gasteiger partial charge in [-0.1, -0.05) is 23.4 Å². The molecule has 106 valence electrons. The lowest BCUT2D eigenvalue weighted by atomic mass is 10.0. The maximum absolute atomic E-state index is 5.38. The number of nitrogens with one attached hydrogen (secondary N) is 1. The molecule has 0 saturated carbocycles. The van der Waals surface area contributed by atoms with E-state index in [9.17, 15) is 0 Å². The van der Waals surface area contributed by atoms with Gasteiger partial charge in [-0.2, -0.15) is 4.98 Å². The fourth-order valence-corrected chi connectivity index (χ4v) is 2.06. The predicted octanol–water partition coefficient (Wildman–Crippen LogP) is 1.96. The number of hydrogen-bond acceptors (Lipinski definition) is 6. The first-order chi connectivity index (χ1) is 10.4. The molecule has 3 rings (SSSR count). The summed E-state index contributed by atoms with van der Waals surface area (Å²) in [5.74, 6) is 0.948. The second kappa shape index (κ2) is 6.23. The van der Waals surface area contributed by atoms with Crippen molar-refractivity contribution in [3.63, 3.8) is 0 Å². The Morgan fingerprint density at radius 2 is 2.10 bits per heavy atom. The van der Waals surface area contributed by atoms with E-state index in [-0.39, 0.29) is 0 Å². The molecule has 0 amide bonds. The molecule has 0 atom stereocenters. The number of likely N-dealkylation sites (N-methyl/N-ethyl adjacent to an activating group) is 1. The molecule has 0 radical (unpaired) electrons. The molecule has 0 aliphatic carbocycles. The van der Waals surface area contributed by atoms with Crippen LogP contribution in [-0.2, 0) is 6.42 Å². The largest absolute Gasteiger partial charge is 0.334 e. The van der Waals surface area contributed by atoms with E-state index in [1.165, 1.54) is 5.56 Å². The van der Waals surface area contributed by atoms with Crippen LogP contribution in [-0.4, -0.2) is 33.7 Å². The van der Waals surface area contributed by atoms with E-state index < -0.39 is 0 Å². The molecular weight excluding hydrogens is 266 g/mol. The van der Waals surface area contributed by atoms with Gasteiger partial charge >= 0.3 is 0 Å². The molecule has 3 aromatic rings. The van der Waals surface area contributed by atoms with Gasteiger partial charge in [0.05, 0.1) is 6.20 Å². The van der Waals surface area contributed by atoms with Crippen LogP contribution in [0.5, 0.6) is 0 Å². The molecule has 0 aliphatic heterocycles. The van der Waals surface area contributed by atoms with E-state index in [0.29, 0.717) is 17.4 Å². The Kier molecular flexibility index (Phi) is 3.97. The van der Waals surface area contributed by atoms with Crippen LogP contribution in [0.4, 0.5) is 0 Å². The lowest BCUT2D eigenvalue weighted by Crippen LogP contribution is -2.10. The maximum atomic E-state index is 5.38. The Bertz CT molecular complexity index is 711. The van der Waals surface area contributed by atoms with E-state index in [2.05, 4.69) is 31.5 Å². The normalized spacial score (nSPS) is 10.7. The molecule has 0 bridgehead atoms. The van der Waals surface area contributed by atoms with Crippen molar-refractivity contribution in [2.45, 2.75) is 6.42 Å². The fourth-order valence-electron chi connectivity index (χ4n) is 2.06. The monoisotopic (exact) mass is 281 g/mol. The Labute approximate surface area is 122 Å². The van der Waals surface area contributed by atoms with Gasteiger partial charge < -0.3 is 9.84 Å². The van der Waals surface area contributed by atoms with E-state index in [1.54, 1.807) is 18.6 Å². The third kappa shape index (κ3) is 2.95. The summed E-state index contributed by atoms with van der Waals surface area (Å²) in [5.41, 5.74) is 2.72. The first-order valence-electron chi connectivity index (χ1n) is 6.71. The Morgan fingerprint density at radius 1 is 1.19 bits per heavy atom. The molecule has 0 aliphatic rings. The van der Waals surface area contributed by atoms with Gasteiger partial charge in [-0.25, -0.2) is 4.98 Å². The minimum absolute atomic E-state index is 0.446. The highest BCUT2D eigenvalue weighted by Gasteiger charge is 2.14. The molecule has 6 heteroatoms. The molecule has 2 aromatic heterocycles. The van der Waals surface area contributed by atoms with Crippen molar-refractivity contribution in [2.24, 2.45) is 0 Å². The minimum atomic E-state index is 0.446. The number of nitrogens with zero attached hydrogens (tertiary/aromatic N) is 4. The standard InChI is InChI=1S/C15H15N5O/c1-16-7-6-11-4-2-3-5-12(11)15-19-14(20-21-15)13-10-17-8-9-18-13/h2-5,8-10,16H,6-7H2,1H3. The van der Waals surface area contributed by atoms with Gasteiger partial charge in [0.1, 0.15) is 5.69 Å². The summed E-state index contributed by atoms with van der Waals surface area (Å²) in [6.07, 6.45) is 5.72. The minimum Gasteiger partial charge on any atom is -0.334 e. The third-order valence-corrected chi connectivity index (χ3v) is 3.11. The van der Waals surface area contributed by atoms with Crippen LogP contribution in [0, 0.1) is 0 Å². The van der Waals surface area contributed by atoms with Crippen LogP contribution in [0.2, 0.25) is 0 Å². The summed E-state index contributed by atoms with van der Waals surface area (Å²) < 4.78 is 5.38. The van der Waals surface area contributed by atoms with Gasteiger partial charge in [0.15, 0.2) is 0 Å². The van der Waals surface area contributed by atoms with Crippen molar-refractivity contribution in [1.82, 2.24) is 25.4 Å². The molecule has 0 saturated heterocycles. The molecule has 1 aromatic carbocycles. The molecule has 2 heterocycles. The SMILES string of the molecule is CNCCc1ccccc1-c1nc(-c2cnccn2)no1. The second-order valence-corrected chi connectivity index (χ2v) is 4.52. The van der Waals surface area contributed by atoms with Gasteiger partial charge in [0.2, 0.25) is 5.82 Å². The van der Waals surface area contributed by atoms with E-state index in [1.807, 2.05) is 25.2 Å². The molecule has 0 unspecified atom stereocenters. The van der Waals surface area contributed by atoms with E-state index in [0.717, 1.165) is 18.5 Å². The number of hydrogen-bond donors (Lipinski definition) is 1. The second-order valence-electron chi connectivity index (χ2n) is 4.52. The van der Waals surface area contributed by atoms with Crippen molar-refractivity contribution in [3.8, 4) is 23.0 Å². The maximum Gasteiger partial charge on any atom is 0.258 e. The summed E-state index contributed by atoms with van der Waals surface area (Å²) in [6.45, 7) is 0.891. The Morgan fingerprint density at radius 3 is 2.90 bits per heavy atom. The third-order valence-electron chi connectivity index (χ3n) is 3.11. The lowest BCUT2D eigenvalue weighted by molar-refractivity contribution is 0.431. The van der Waals surface area contributed by atoms with Gasteiger partial charge in [-0.3, -0.25) is 4.98 Å². The Hall–Kier alpha value is -2.60. The van der Waals surface area contributed by atoms with Crippen LogP contribution in [0.1, 0.15) is 5.56 Å². The average Bonchev–Trinajstić information content (AvgIpc) is 3.04. The van der Waals surface area contributed by atoms with Crippen molar-refractivity contribution < 1.29 is 4.52 Å². The smallest absolute Gasteiger partial charge is 0.258 e. The number of rotatable bonds is 5. The molecule has 6 nitrogen and oxygen atoms in total. The van der Waals surface area contributed by atoms with Crippen molar-refractivity contribution >= 4 is 0 Å². The molecular formula is C15H15N5O. The van der Waals surface area contributed by atoms with Crippen LogP contribution in [0.15, 0.2) is 47.4 Å². The van der Waals surface area contributed by atoms with E-state index in [4.69, 9.17) is 4.52 Å². The van der Waals surface area contributed by atoms with Crippen LogP contribution < -0.4 is 5.32 Å². The fraction of sp³-hybridized carbons (Fsp3) is 0.200. The summed E-state index contributed by atoms with van der Waals surface area (Å²) in [6, 6.07) is 8.02. The van der Waals surface area contributed by atoms with Gasteiger partial charge in [-0.05, 0) is 31.6 Å². The predicted molar refractivity (Wildman–Crippen MR) is 78.4 cm³/mol. The summed E-state index contributed by atoms with van der Waals surface area (Å²) in [4.78, 5) is 12.6. The summed E-state index contributed by atoms with van der Waals surface area (Å²) in [5, 5.41) is 7.12. The molecule has 1 N–H and O–H groups in total. The molecule has 21 heavy (non-hydrogen) atoms. The lowest BCUT2D eigenvalue weighted by Gasteiger charge is -2.05. The van der Waals surface area contributed by atoms with Crippen LogP contribution in [0.25, 0.3) is 23.0 Å². The van der Waals surface area contributed by atoms with Gasteiger partial charge in [-0.15, -0.1) is 0 Å². The topological polar surface area (TPSA) is 76.7 Å². The van der Waals surface area contributed by atoms with Crippen LogP contribution >= 0.6 is 0 Å². The highest BCUT2D eigenvalue weighted by atomic mass is 16.5. The van der Waals surface area contributed by atoms with Crippen molar-refractivity contribution in [2.75, 3.05) is 13.6 Å². The molecule has 0 fully saturated rings. The molecule has 0 spiro atoms. The zero-order valence-electron chi connectivity index (χ0n) is 11.7. The Balaban J connectivity index is 1.93. The quantitative estimate of drug-likeness (QED) is 0.770. The van der Waals surface area contributed by atoms with Crippen molar-refractivity contribution in [1.29, 1.82) is 0 Å². The highest BCUT2D eigenvalue weighted by Crippen LogP contribution is 2.24. The van der Waals surface area contributed by atoms with E-state index >= 15 is 0 Å². The van der Waals surface area contributed by atoms with Crippen LogP contribution in [0.3, 0.4) is 0 Å². The average molecular weight is 281 g/mol. The first kappa shape index (κ1) is 13.4. The number of benzene rings is 1.